The monoisotopic (exact) mass is 237 g/mol. The lowest BCUT2D eigenvalue weighted by Gasteiger charge is -2.27. The first-order valence-corrected chi connectivity index (χ1v) is 6.95. The fraction of sp³-hybridized carbons (Fsp3) is 0.786. The van der Waals surface area contributed by atoms with Gasteiger partial charge in [0, 0.05) is 13.2 Å². The number of nitrogens with zero attached hydrogens (tertiary/aromatic N) is 2. The van der Waals surface area contributed by atoms with Crippen LogP contribution in [0.3, 0.4) is 0 Å². The van der Waals surface area contributed by atoms with Crippen molar-refractivity contribution >= 4 is 0 Å². The van der Waals surface area contributed by atoms with Crippen molar-refractivity contribution in [2.45, 2.75) is 52.5 Å². The van der Waals surface area contributed by atoms with Crippen LogP contribution in [0, 0.1) is 5.92 Å². The van der Waals surface area contributed by atoms with Gasteiger partial charge in [0.1, 0.15) is 0 Å². The van der Waals surface area contributed by atoms with Crippen LogP contribution in [0.15, 0.2) is 12.3 Å². The van der Waals surface area contributed by atoms with Crippen molar-refractivity contribution < 1.29 is 0 Å². The van der Waals surface area contributed by atoms with Gasteiger partial charge in [0.05, 0.1) is 11.7 Å². The molecule has 0 aliphatic rings. The molecule has 0 aliphatic carbocycles. The van der Waals surface area contributed by atoms with E-state index in [1.165, 1.54) is 31.4 Å². The molecule has 1 unspecified atom stereocenters. The number of rotatable bonds is 8. The third-order valence-corrected chi connectivity index (χ3v) is 3.39. The fourth-order valence-corrected chi connectivity index (χ4v) is 2.64. The normalized spacial score (nSPS) is 13.2. The SMILES string of the molecule is CCCC(CCC)C(NCC)c1ccnn1C. The molecular formula is C14H27N3. The lowest BCUT2D eigenvalue weighted by molar-refractivity contribution is 0.308. The Kier molecular flexibility index (Phi) is 6.27. The molecule has 0 aromatic carbocycles. The molecule has 0 bridgehead atoms. The number of aryl methyl sites for hydroxylation is 1. The van der Waals surface area contributed by atoms with Crippen molar-refractivity contribution in [1.82, 2.24) is 15.1 Å². The molecule has 0 radical (unpaired) electrons. The minimum Gasteiger partial charge on any atom is -0.309 e. The Hall–Kier alpha value is -0.830. The average molecular weight is 237 g/mol. The summed E-state index contributed by atoms with van der Waals surface area (Å²) in [5, 5.41) is 7.93. The molecular weight excluding hydrogens is 210 g/mol. The highest BCUT2D eigenvalue weighted by atomic mass is 15.3. The minimum atomic E-state index is 0.451. The molecule has 1 aromatic rings. The van der Waals surface area contributed by atoms with Gasteiger partial charge in [0.15, 0.2) is 0 Å². The molecule has 3 heteroatoms. The minimum absolute atomic E-state index is 0.451. The van der Waals surface area contributed by atoms with Crippen molar-refractivity contribution in [2.75, 3.05) is 6.54 Å². The van der Waals surface area contributed by atoms with E-state index >= 15 is 0 Å². The molecule has 1 heterocycles. The van der Waals surface area contributed by atoms with Crippen molar-refractivity contribution in [2.24, 2.45) is 13.0 Å². The predicted molar refractivity (Wildman–Crippen MR) is 72.9 cm³/mol. The van der Waals surface area contributed by atoms with Gasteiger partial charge in [0.2, 0.25) is 0 Å². The summed E-state index contributed by atoms with van der Waals surface area (Å²) >= 11 is 0. The summed E-state index contributed by atoms with van der Waals surface area (Å²) in [6.07, 6.45) is 6.98. The maximum atomic E-state index is 4.30. The molecule has 1 atom stereocenters. The number of aromatic nitrogens is 2. The van der Waals surface area contributed by atoms with E-state index in [0.717, 1.165) is 12.5 Å². The molecule has 1 aromatic heterocycles. The van der Waals surface area contributed by atoms with Gasteiger partial charge in [-0.3, -0.25) is 4.68 Å². The van der Waals surface area contributed by atoms with Gasteiger partial charge < -0.3 is 5.32 Å². The van der Waals surface area contributed by atoms with E-state index in [1.807, 2.05) is 17.9 Å². The largest absolute Gasteiger partial charge is 0.309 e. The Morgan fingerprint density at radius 2 is 1.88 bits per heavy atom. The lowest BCUT2D eigenvalue weighted by Crippen LogP contribution is -2.30. The Morgan fingerprint density at radius 1 is 1.24 bits per heavy atom. The van der Waals surface area contributed by atoms with Gasteiger partial charge >= 0.3 is 0 Å². The van der Waals surface area contributed by atoms with Gasteiger partial charge in [0.25, 0.3) is 0 Å². The number of nitrogens with one attached hydrogen (secondary N) is 1. The average Bonchev–Trinajstić information content (AvgIpc) is 2.72. The Labute approximate surface area is 106 Å². The highest BCUT2D eigenvalue weighted by molar-refractivity contribution is 5.08. The molecule has 0 spiro atoms. The molecule has 17 heavy (non-hydrogen) atoms. The summed E-state index contributed by atoms with van der Waals surface area (Å²) in [5.74, 6) is 0.723. The summed E-state index contributed by atoms with van der Waals surface area (Å²) in [6, 6.07) is 2.60. The number of hydrogen-bond donors (Lipinski definition) is 1. The van der Waals surface area contributed by atoms with Crippen LogP contribution in [0.4, 0.5) is 0 Å². The van der Waals surface area contributed by atoms with Crippen LogP contribution < -0.4 is 5.32 Å². The summed E-state index contributed by atoms with van der Waals surface area (Å²) in [5.41, 5.74) is 1.32. The predicted octanol–water partition coefficient (Wildman–Crippen LogP) is 3.29. The summed E-state index contributed by atoms with van der Waals surface area (Å²) in [6.45, 7) is 7.74. The standard InChI is InChI=1S/C14H27N3/c1-5-8-12(9-6-2)14(15-7-3)13-10-11-16-17(13)4/h10-12,14-15H,5-9H2,1-4H3. The van der Waals surface area contributed by atoms with Crippen LogP contribution in [-0.4, -0.2) is 16.3 Å². The summed E-state index contributed by atoms with van der Waals surface area (Å²) < 4.78 is 2.01. The molecule has 1 rings (SSSR count). The van der Waals surface area contributed by atoms with Crippen LogP contribution >= 0.6 is 0 Å². The van der Waals surface area contributed by atoms with Crippen molar-refractivity contribution in [3.8, 4) is 0 Å². The molecule has 1 N–H and O–H groups in total. The van der Waals surface area contributed by atoms with E-state index in [9.17, 15) is 0 Å². The zero-order valence-corrected chi connectivity index (χ0v) is 11.7. The van der Waals surface area contributed by atoms with Gasteiger partial charge in [-0.05, 0) is 31.4 Å². The van der Waals surface area contributed by atoms with Crippen LogP contribution in [0.2, 0.25) is 0 Å². The molecule has 98 valence electrons. The van der Waals surface area contributed by atoms with E-state index in [1.54, 1.807) is 0 Å². The first-order valence-electron chi connectivity index (χ1n) is 6.95. The van der Waals surface area contributed by atoms with Gasteiger partial charge in [-0.1, -0.05) is 33.6 Å². The lowest BCUT2D eigenvalue weighted by atomic mass is 9.88. The first-order chi connectivity index (χ1) is 8.24. The smallest absolute Gasteiger partial charge is 0.0553 e. The summed E-state index contributed by atoms with van der Waals surface area (Å²) in [4.78, 5) is 0. The van der Waals surface area contributed by atoms with Gasteiger partial charge in [-0.2, -0.15) is 5.10 Å². The van der Waals surface area contributed by atoms with Crippen molar-refractivity contribution in [1.29, 1.82) is 0 Å². The molecule has 0 saturated carbocycles. The topological polar surface area (TPSA) is 29.9 Å². The molecule has 0 saturated heterocycles. The highest BCUT2D eigenvalue weighted by Gasteiger charge is 2.23. The zero-order valence-electron chi connectivity index (χ0n) is 11.7. The van der Waals surface area contributed by atoms with Gasteiger partial charge in [-0.15, -0.1) is 0 Å². The second-order valence-electron chi connectivity index (χ2n) is 4.75. The van der Waals surface area contributed by atoms with Crippen LogP contribution in [0.5, 0.6) is 0 Å². The molecule has 0 fully saturated rings. The molecule has 0 aliphatic heterocycles. The quantitative estimate of drug-likeness (QED) is 0.752. The Bertz CT molecular complexity index is 300. The second kappa shape index (κ2) is 7.49. The number of hydrogen-bond acceptors (Lipinski definition) is 2. The van der Waals surface area contributed by atoms with E-state index in [0.29, 0.717) is 6.04 Å². The van der Waals surface area contributed by atoms with Crippen LogP contribution in [0.1, 0.15) is 58.2 Å². The van der Waals surface area contributed by atoms with E-state index in [4.69, 9.17) is 0 Å². The van der Waals surface area contributed by atoms with Gasteiger partial charge in [-0.25, -0.2) is 0 Å². The maximum Gasteiger partial charge on any atom is 0.0553 e. The van der Waals surface area contributed by atoms with Crippen LogP contribution in [-0.2, 0) is 7.05 Å². The zero-order chi connectivity index (χ0) is 12.7. The van der Waals surface area contributed by atoms with Crippen molar-refractivity contribution in [3.63, 3.8) is 0 Å². The van der Waals surface area contributed by atoms with E-state index < -0.39 is 0 Å². The second-order valence-corrected chi connectivity index (χ2v) is 4.75. The van der Waals surface area contributed by atoms with E-state index in [2.05, 4.69) is 37.3 Å². The third kappa shape index (κ3) is 3.84. The third-order valence-electron chi connectivity index (χ3n) is 3.39. The molecule has 0 amide bonds. The van der Waals surface area contributed by atoms with Crippen molar-refractivity contribution in [3.05, 3.63) is 18.0 Å². The fourth-order valence-electron chi connectivity index (χ4n) is 2.64. The van der Waals surface area contributed by atoms with E-state index in [-0.39, 0.29) is 0 Å². The Balaban J connectivity index is 2.85. The maximum absolute atomic E-state index is 4.30. The summed E-state index contributed by atoms with van der Waals surface area (Å²) in [7, 11) is 2.04. The highest BCUT2D eigenvalue weighted by Crippen LogP contribution is 2.29. The van der Waals surface area contributed by atoms with Crippen LogP contribution in [0.25, 0.3) is 0 Å². The Morgan fingerprint density at radius 3 is 2.29 bits per heavy atom. The first kappa shape index (κ1) is 14.2. The molecule has 3 nitrogen and oxygen atoms in total.